The van der Waals surface area contributed by atoms with Gasteiger partial charge in [0.1, 0.15) is 21.4 Å². The molecule has 0 unspecified atom stereocenters. The average Bonchev–Trinajstić information content (AvgIpc) is 3.84. The maximum absolute atomic E-state index is 13.0. The Morgan fingerprint density at radius 2 is 0.776 bits per heavy atom. The van der Waals surface area contributed by atoms with Gasteiger partial charge in [0, 0.05) is 10.8 Å². The predicted molar refractivity (Wildman–Crippen MR) is 204 cm³/mol. The van der Waals surface area contributed by atoms with Crippen LogP contribution in [0.5, 0.6) is 0 Å². The van der Waals surface area contributed by atoms with Crippen LogP contribution in [-0.4, -0.2) is 19.8 Å². The number of hydrogen-bond donors (Lipinski definition) is 0. The maximum Gasteiger partial charge on any atom is 0.364 e. The SMILES string of the molecule is CC1(C)c2ccccc2N(c2ccc(C3=NS(=O)(=O)N=C3c3ccc(N4c5ccccc5C(C)(C)c5ccccc54)s3)s2)c2ccccc21. The van der Waals surface area contributed by atoms with E-state index < -0.39 is 10.2 Å². The van der Waals surface area contributed by atoms with Crippen molar-refractivity contribution in [1.29, 1.82) is 0 Å². The van der Waals surface area contributed by atoms with Gasteiger partial charge in [-0.25, -0.2) is 0 Å². The summed E-state index contributed by atoms with van der Waals surface area (Å²) in [5.41, 5.74) is 9.82. The van der Waals surface area contributed by atoms with Crippen molar-refractivity contribution in [2.45, 2.75) is 38.5 Å². The van der Waals surface area contributed by atoms with E-state index in [4.69, 9.17) is 0 Å². The number of hydrogen-bond acceptors (Lipinski definition) is 6. The van der Waals surface area contributed by atoms with Gasteiger partial charge in [0.05, 0.1) is 32.5 Å². The van der Waals surface area contributed by atoms with E-state index in [2.05, 4.69) is 155 Å². The summed E-state index contributed by atoms with van der Waals surface area (Å²) in [6, 6.07) is 42.1. The van der Waals surface area contributed by atoms with E-state index in [1.54, 1.807) is 0 Å². The molecule has 0 N–H and O–H groups in total. The molecule has 3 aliphatic rings. The van der Waals surface area contributed by atoms with Crippen LogP contribution in [0.25, 0.3) is 0 Å². The first-order valence-electron chi connectivity index (χ1n) is 16.2. The molecule has 6 nitrogen and oxygen atoms in total. The zero-order valence-corrected chi connectivity index (χ0v) is 29.8. The van der Waals surface area contributed by atoms with Crippen LogP contribution in [0.1, 0.15) is 59.7 Å². The summed E-state index contributed by atoms with van der Waals surface area (Å²) < 4.78 is 34.5. The molecular formula is C40H32N4O2S3. The largest absolute Gasteiger partial charge is 0.364 e. The van der Waals surface area contributed by atoms with Crippen LogP contribution >= 0.6 is 22.7 Å². The summed E-state index contributed by atoms with van der Waals surface area (Å²) in [6.45, 7) is 9.06. The standard InChI is InChI=1S/C40H32N4O2S3/c1-39(2)25-13-5-9-17-29(25)43(30-18-10-6-14-26(30)39)35-23-21-33(47-35)37-38(42-49(45,46)41-37)34-22-24-36(48-34)44-31-19-11-7-15-27(31)40(3,4)28-16-8-12-20-32(28)44/h5-24H,1-4H3. The van der Waals surface area contributed by atoms with Gasteiger partial charge in [-0.3, -0.25) is 0 Å². The highest BCUT2D eigenvalue weighted by Gasteiger charge is 2.39. The number of fused-ring (bicyclic) bond motifs is 4. The Morgan fingerprint density at radius 1 is 0.469 bits per heavy atom. The zero-order valence-electron chi connectivity index (χ0n) is 27.4. The number of nitrogens with zero attached hydrogens (tertiary/aromatic N) is 4. The molecule has 0 radical (unpaired) electrons. The third-order valence-electron chi connectivity index (χ3n) is 10.0. The van der Waals surface area contributed by atoms with E-state index in [1.165, 1.54) is 44.9 Å². The van der Waals surface area contributed by atoms with E-state index in [9.17, 15) is 8.42 Å². The Morgan fingerprint density at radius 3 is 1.10 bits per heavy atom. The van der Waals surface area contributed by atoms with Gasteiger partial charge in [-0.2, -0.15) is 8.42 Å². The van der Waals surface area contributed by atoms with Crippen molar-refractivity contribution in [3.05, 3.63) is 153 Å². The first kappa shape index (κ1) is 30.2. The van der Waals surface area contributed by atoms with Crippen LogP contribution in [0.2, 0.25) is 0 Å². The zero-order chi connectivity index (χ0) is 33.7. The third kappa shape index (κ3) is 4.52. The molecule has 0 bridgehead atoms. The van der Waals surface area contributed by atoms with Crippen molar-refractivity contribution in [3.8, 4) is 0 Å². The first-order chi connectivity index (χ1) is 23.5. The van der Waals surface area contributed by atoms with Crippen molar-refractivity contribution >= 4 is 77.1 Å². The number of benzene rings is 4. The second kappa shape index (κ2) is 10.6. The van der Waals surface area contributed by atoms with E-state index in [-0.39, 0.29) is 10.8 Å². The summed E-state index contributed by atoms with van der Waals surface area (Å²) in [5.74, 6) is 0. The van der Waals surface area contributed by atoms with Gasteiger partial charge >= 0.3 is 10.2 Å². The molecule has 0 spiro atoms. The van der Waals surface area contributed by atoms with Gasteiger partial charge < -0.3 is 9.80 Å². The first-order valence-corrected chi connectivity index (χ1v) is 19.2. The lowest BCUT2D eigenvalue weighted by Crippen LogP contribution is -2.30. The minimum Gasteiger partial charge on any atom is -0.301 e. The lowest BCUT2D eigenvalue weighted by molar-refractivity contribution is 0.601. The molecule has 0 saturated heterocycles. The molecule has 0 saturated carbocycles. The Balaban J connectivity index is 1.12. The van der Waals surface area contributed by atoms with Crippen LogP contribution in [0.15, 0.2) is 130 Å². The van der Waals surface area contributed by atoms with Crippen molar-refractivity contribution in [2.24, 2.45) is 8.80 Å². The van der Waals surface area contributed by atoms with Crippen LogP contribution in [-0.2, 0) is 21.0 Å². The molecule has 0 amide bonds. The molecule has 0 fully saturated rings. The van der Waals surface area contributed by atoms with Gasteiger partial charge in [-0.1, -0.05) is 100 Å². The number of anilines is 6. The third-order valence-corrected chi connectivity index (χ3v) is 13.0. The van der Waals surface area contributed by atoms with Crippen LogP contribution in [0, 0.1) is 0 Å². The Labute approximate surface area is 294 Å². The monoisotopic (exact) mass is 696 g/mol. The second-order valence-electron chi connectivity index (χ2n) is 13.6. The Kier molecular flexibility index (Phi) is 6.53. The highest BCUT2D eigenvalue weighted by Crippen LogP contribution is 2.54. The van der Waals surface area contributed by atoms with E-state index >= 15 is 0 Å². The van der Waals surface area contributed by atoms with E-state index in [0.29, 0.717) is 11.4 Å². The number of para-hydroxylation sites is 4. The number of thiophene rings is 2. The molecule has 0 aliphatic carbocycles. The van der Waals surface area contributed by atoms with Gasteiger partial charge in [-0.05, 0) is 70.8 Å². The summed E-state index contributed by atoms with van der Waals surface area (Å²) >= 11 is 3.05. The minimum absolute atomic E-state index is 0.171. The molecule has 9 rings (SSSR count). The molecule has 242 valence electrons. The summed E-state index contributed by atoms with van der Waals surface area (Å²) in [5, 5.41) is 1.96. The fraction of sp³-hybridized carbons (Fsp3) is 0.150. The summed E-state index contributed by atoms with van der Waals surface area (Å²) in [4.78, 5) is 6.06. The van der Waals surface area contributed by atoms with E-state index in [0.717, 1.165) is 42.5 Å². The smallest absolute Gasteiger partial charge is 0.301 e. The van der Waals surface area contributed by atoms with Crippen molar-refractivity contribution < 1.29 is 8.42 Å². The molecule has 5 heterocycles. The number of rotatable bonds is 4. The minimum atomic E-state index is -4.04. The highest BCUT2D eigenvalue weighted by atomic mass is 32.2. The predicted octanol–water partition coefficient (Wildman–Crippen LogP) is 10.6. The molecule has 0 atom stereocenters. The lowest BCUT2D eigenvalue weighted by Gasteiger charge is -2.41. The van der Waals surface area contributed by atoms with Crippen molar-refractivity contribution in [1.82, 2.24) is 0 Å². The average molecular weight is 697 g/mol. The highest BCUT2D eigenvalue weighted by molar-refractivity contribution is 7.89. The molecule has 49 heavy (non-hydrogen) atoms. The lowest BCUT2D eigenvalue weighted by atomic mass is 9.74. The van der Waals surface area contributed by atoms with Gasteiger partial charge in [-0.15, -0.1) is 31.5 Å². The Hall–Kier alpha value is -4.83. The van der Waals surface area contributed by atoms with Crippen molar-refractivity contribution in [3.63, 3.8) is 0 Å². The van der Waals surface area contributed by atoms with Gasteiger partial charge in [0.25, 0.3) is 0 Å². The molecular weight excluding hydrogens is 665 g/mol. The quantitative estimate of drug-likeness (QED) is 0.184. The topological polar surface area (TPSA) is 65.3 Å². The molecule has 3 aliphatic heterocycles. The van der Waals surface area contributed by atoms with Crippen LogP contribution < -0.4 is 9.80 Å². The second-order valence-corrected chi connectivity index (χ2v) is 17.0. The fourth-order valence-corrected chi connectivity index (χ4v) is 10.7. The molecule has 6 aromatic rings. The van der Waals surface area contributed by atoms with Crippen LogP contribution in [0.3, 0.4) is 0 Å². The van der Waals surface area contributed by atoms with Gasteiger partial charge in [0.15, 0.2) is 0 Å². The maximum atomic E-state index is 13.0. The molecule has 9 heteroatoms. The summed E-state index contributed by atoms with van der Waals surface area (Å²) in [6.07, 6.45) is 0. The van der Waals surface area contributed by atoms with Gasteiger partial charge in [0.2, 0.25) is 0 Å². The van der Waals surface area contributed by atoms with Crippen LogP contribution in [0.4, 0.5) is 32.8 Å². The summed E-state index contributed by atoms with van der Waals surface area (Å²) in [7, 11) is -4.04. The Bertz CT molecular complexity index is 2240. The molecule has 4 aromatic carbocycles. The normalized spacial score (nSPS) is 17.8. The fourth-order valence-electron chi connectivity index (χ4n) is 7.62. The van der Waals surface area contributed by atoms with E-state index in [1.807, 2.05) is 12.1 Å². The van der Waals surface area contributed by atoms with Crippen molar-refractivity contribution in [2.75, 3.05) is 9.80 Å². The molecule has 2 aromatic heterocycles.